The maximum Gasteiger partial charge on any atom is 0.331 e. The van der Waals surface area contributed by atoms with Crippen molar-refractivity contribution in [1.29, 1.82) is 0 Å². The molecule has 0 aliphatic carbocycles. The number of esters is 1. The van der Waals surface area contributed by atoms with Gasteiger partial charge in [-0.1, -0.05) is 23.7 Å². The van der Waals surface area contributed by atoms with E-state index in [1.165, 1.54) is 4.90 Å². The molecule has 1 aliphatic heterocycles. The van der Waals surface area contributed by atoms with E-state index in [9.17, 15) is 9.59 Å². The summed E-state index contributed by atoms with van der Waals surface area (Å²) >= 11 is 6.01. The Morgan fingerprint density at radius 2 is 1.92 bits per heavy atom. The minimum absolute atomic E-state index is 0.121. The van der Waals surface area contributed by atoms with E-state index in [1.807, 2.05) is 32.9 Å². The first kappa shape index (κ1) is 17.3. The largest absolute Gasteiger partial charge is 0.482 e. The third-order valence-corrected chi connectivity index (χ3v) is 4.48. The molecule has 5 nitrogen and oxygen atoms in total. The summed E-state index contributed by atoms with van der Waals surface area (Å²) < 4.78 is 10.9. The van der Waals surface area contributed by atoms with Crippen molar-refractivity contribution in [3.8, 4) is 11.5 Å². The molecule has 0 bridgehead atoms. The molecule has 1 amide bonds. The van der Waals surface area contributed by atoms with Gasteiger partial charge in [0.1, 0.15) is 18.0 Å². The van der Waals surface area contributed by atoms with Crippen LogP contribution < -0.4 is 14.4 Å². The first-order valence-corrected chi connectivity index (χ1v) is 8.25. The van der Waals surface area contributed by atoms with Crippen LogP contribution in [0.15, 0.2) is 30.3 Å². The fourth-order valence-electron chi connectivity index (χ4n) is 2.71. The van der Waals surface area contributed by atoms with Gasteiger partial charge in [-0.15, -0.1) is 0 Å². The van der Waals surface area contributed by atoms with Crippen LogP contribution in [0.2, 0.25) is 5.02 Å². The topological polar surface area (TPSA) is 55.8 Å². The highest BCUT2D eigenvalue weighted by Crippen LogP contribution is 2.34. The second-order valence-electron chi connectivity index (χ2n) is 6.01. The Morgan fingerprint density at radius 3 is 2.68 bits per heavy atom. The van der Waals surface area contributed by atoms with Gasteiger partial charge in [-0.05, 0) is 55.7 Å². The molecule has 0 saturated carbocycles. The van der Waals surface area contributed by atoms with Crippen molar-refractivity contribution in [3.63, 3.8) is 0 Å². The van der Waals surface area contributed by atoms with Crippen LogP contribution in [-0.2, 0) is 9.59 Å². The van der Waals surface area contributed by atoms with E-state index in [0.717, 1.165) is 16.7 Å². The molecule has 2 aromatic carbocycles. The molecule has 130 valence electrons. The Hall–Kier alpha value is -2.53. The monoisotopic (exact) mass is 359 g/mol. The fourth-order valence-corrected chi connectivity index (χ4v) is 2.87. The van der Waals surface area contributed by atoms with Crippen molar-refractivity contribution in [1.82, 2.24) is 0 Å². The number of nitrogens with zero attached hydrogens (tertiary/aromatic N) is 1. The fraction of sp³-hybridized carbons (Fsp3) is 0.263. The molecule has 0 unspecified atom stereocenters. The molecular formula is C19H18ClNO4. The molecule has 0 radical (unpaired) electrons. The van der Waals surface area contributed by atoms with Gasteiger partial charge in [-0.25, -0.2) is 4.79 Å². The number of anilines is 1. The van der Waals surface area contributed by atoms with Crippen molar-refractivity contribution in [3.05, 3.63) is 52.0 Å². The molecule has 0 N–H and O–H groups in total. The van der Waals surface area contributed by atoms with Gasteiger partial charge in [0, 0.05) is 5.02 Å². The molecular weight excluding hydrogens is 342 g/mol. The summed E-state index contributed by atoms with van der Waals surface area (Å²) in [6.45, 7) is 5.41. The second-order valence-corrected chi connectivity index (χ2v) is 6.44. The van der Waals surface area contributed by atoms with Crippen LogP contribution in [0.3, 0.4) is 0 Å². The number of ether oxygens (including phenoxy) is 2. The zero-order chi connectivity index (χ0) is 18.1. The summed E-state index contributed by atoms with van der Waals surface area (Å²) in [7, 11) is 0. The number of carbonyl (C=O) groups excluding carboxylic acids is 2. The summed E-state index contributed by atoms with van der Waals surface area (Å²) in [5.41, 5.74) is 3.28. The lowest BCUT2D eigenvalue weighted by atomic mass is 10.1. The average Bonchev–Trinajstić information content (AvgIpc) is 2.58. The van der Waals surface area contributed by atoms with E-state index < -0.39 is 5.97 Å². The molecule has 25 heavy (non-hydrogen) atoms. The number of hydrogen-bond acceptors (Lipinski definition) is 4. The zero-order valence-corrected chi connectivity index (χ0v) is 15.0. The van der Waals surface area contributed by atoms with Crippen molar-refractivity contribution in [2.75, 3.05) is 18.1 Å². The van der Waals surface area contributed by atoms with E-state index >= 15 is 0 Å². The molecule has 6 heteroatoms. The third kappa shape index (κ3) is 3.46. The molecule has 0 aromatic heterocycles. The number of halogens is 1. The second kappa shape index (κ2) is 6.76. The molecule has 0 spiro atoms. The van der Waals surface area contributed by atoms with Gasteiger partial charge in [0.25, 0.3) is 5.91 Å². The lowest BCUT2D eigenvalue weighted by molar-refractivity contribution is -0.134. The quantitative estimate of drug-likeness (QED) is 0.620. The maximum absolute atomic E-state index is 12.4. The number of hydrogen-bond donors (Lipinski definition) is 0. The summed E-state index contributed by atoms with van der Waals surface area (Å²) in [4.78, 5) is 26.0. The Labute approximate surface area is 151 Å². The third-order valence-electron chi connectivity index (χ3n) is 4.24. The maximum atomic E-state index is 12.4. The van der Waals surface area contributed by atoms with Gasteiger partial charge in [-0.3, -0.25) is 9.69 Å². The molecule has 1 heterocycles. The smallest absolute Gasteiger partial charge is 0.331 e. The summed E-state index contributed by atoms with van der Waals surface area (Å²) in [5, 5.41) is 0.459. The molecule has 3 rings (SSSR count). The van der Waals surface area contributed by atoms with E-state index in [1.54, 1.807) is 18.2 Å². The Morgan fingerprint density at radius 1 is 1.20 bits per heavy atom. The first-order chi connectivity index (χ1) is 11.9. The van der Waals surface area contributed by atoms with E-state index in [-0.39, 0.29) is 19.1 Å². The average molecular weight is 360 g/mol. The lowest BCUT2D eigenvalue weighted by Gasteiger charge is -2.28. The minimum Gasteiger partial charge on any atom is -0.482 e. The van der Waals surface area contributed by atoms with Gasteiger partial charge < -0.3 is 9.47 Å². The number of benzene rings is 2. The van der Waals surface area contributed by atoms with E-state index in [4.69, 9.17) is 21.1 Å². The lowest BCUT2D eigenvalue weighted by Crippen LogP contribution is -2.43. The van der Waals surface area contributed by atoms with Crippen LogP contribution in [-0.4, -0.2) is 25.0 Å². The van der Waals surface area contributed by atoms with Crippen LogP contribution in [0, 0.1) is 20.8 Å². The van der Waals surface area contributed by atoms with Gasteiger partial charge in [0.15, 0.2) is 6.61 Å². The highest BCUT2D eigenvalue weighted by molar-refractivity contribution is 6.31. The van der Waals surface area contributed by atoms with Crippen LogP contribution in [0.4, 0.5) is 5.69 Å². The van der Waals surface area contributed by atoms with Gasteiger partial charge in [-0.2, -0.15) is 0 Å². The SMILES string of the molecule is Cc1ccc(C)c(OC(=O)CN2C(=O)COc3ccc(Cl)cc32)c1C. The van der Waals surface area contributed by atoms with Gasteiger partial charge in [0.2, 0.25) is 0 Å². The van der Waals surface area contributed by atoms with Gasteiger partial charge in [0.05, 0.1) is 5.69 Å². The number of aryl methyl sites for hydroxylation is 2. The van der Waals surface area contributed by atoms with Gasteiger partial charge >= 0.3 is 5.97 Å². The molecule has 0 fully saturated rings. The van der Waals surface area contributed by atoms with Crippen LogP contribution in [0.5, 0.6) is 11.5 Å². The predicted octanol–water partition coefficient (Wildman–Crippen LogP) is 3.60. The Kier molecular flexibility index (Phi) is 4.68. The molecule has 2 aromatic rings. The minimum atomic E-state index is -0.516. The molecule has 1 aliphatic rings. The van der Waals surface area contributed by atoms with Crippen LogP contribution >= 0.6 is 11.6 Å². The molecule has 0 atom stereocenters. The van der Waals surface area contributed by atoms with Crippen molar-refractivity contribution in [2.24, 2.45) is 0 Å². The molecule has 0 saturated heterocycles. The first-order valence-electron chi connectivity index (χ1n) is 7.87. The normalized spacial score (nSPS) is 13.3. The highest BCUT2D eigenvalue weighted by Gasteiger charge is 2.28. The standard InChI is InChI=1S/C19H18ClNO4/c1-11-4-5-12(2)19(13(11)3)25-18(23)9-21-15-8-14(20)6-7-16(15)24-10-17(21)22/h4-8H,9-10H2,1-3H3. The highest BCUT2D eigenvalue weighted by atomic mass is 35.5. The number of carbonyl (C=O) groups is 2. The Balaban J connectivity index is 1.84. The number of fused-ring (bicyclic) bond motifs is 1. The Bertz CT molecular complexity index is 863. The number of rotatable bonds is 3. The predicted molar refractivity (Wildman–Crippen MR) is 95.6 cm³/mol. The van der Waals surface area contributed by atoms with E-state index in [0.29, 0.717) is 22.2 Å². The zero-order valence-electron chi connectivity index (χ0n) is 14.3. The summed E-state index contributed by atoms with van der Waals surface area (Å²) in [6, 6.07) is 8.83. The van der Waals surface area contributed by atoms with Crippen LogP contribution in [0.25, 0.3) is 0 Å². The summed E-state index contributed by atoms with van der Waals surface area (Å²) in [6.07, 6.45) is 0. The van der Waals surface area contributed by atoms with Crippen molar-refractivity contribution in [2.45, 2.75) is 20.8 Å². The van der Waals surface area contributed by atoms with Crippen LogP contribution in [0.1, 0.15) is 16.7 Å². The number of amides is 1. The van der Waals surface area contributed by atoms with E-state index in [2.05, 4.69) is 0 Å². The van der Waals surface area contributed by atoms with Crippen molar-refractivity contribution < 1.29 is 19.1 Å². The summed E-state index contributed by atoms with van der Waals surface area (Å²) in [5.74, 6) is 0.221. The van der Waals surface area contributed by atoms with Crippen molar-refractivity contribution >= 4 is 29.2 Å².